The zero-order chi connectivity index (χ0) is 32.5. The number of piperidine rings is 1. The Morgan fingerprint density at radius 1 is 1.22 bits per heavy atom. The van der Waals surface area contributed by atoms with Gasteiger partial charge in [0.1, 0.15) is 12.4 Å². The maximum Gasteiger partial charge on any atom is 0.269 e. The number of aromatic nitrogens is 2. The van der Waals surface area contributed by atoms with E-state index in [1.54, 1.807) is 0 Å². The summed E-state index contributed by atoms with van der Waals surface area (Å²) in [5.41, 5.74) is 14.4. The topological polar surface area (TPSA) is 179 Å². The van der Waals surface area contributed by atoms with Crippen LogP contribution in [0.2, 0.25) is 5.02 Å². The molecule has 0 spiro atoms. The first kappa shape index (κ1) is 31.6. The molecule has 4 amide bonds. The Bertz CT molecular complexity index is 1750. The number of alkyl halides is 2. The predicted molar refractivity (Wildman–Crippen MR) is 156 cm³/mol. The fourth-order valence-electron chi connectivity index (χ4n) is 5.27. The van der Waals surface area contributed by atoms with E-state index in [0.29, 0.717) is 30.6 Å². The third-order valence-corrected chi connectivity index (χ3v) is 7.87. The van der Waals surface area contributed by atoms with Crippen LogP contribution in [0.1, 0.15) is 52.1 Å². The Kier molecular flexibility index (Phi) is 8.89. The number of nitrogens with two attached hydrogens (primary N) is 1. The predicted octanol–water partition coefficient (Wildman–Crippen LogP) is 3.92. The first-order valence-corrected chi connectivity index (χ1v) is 14.3. The molecule has 1 saturated carbocycles. The van der Waals surface area contributed by atoms with E-state index < -0.39 is 41.9 Å². The van der Waals surface area contributed by atoms with Gasteiger partial charge in [-0.3, -0.25) is 23.9 Å². The molecular formula is C28H27ClF3N9O4. The van der Waals surface area contributed by atoms with E-state index in [1.165, 1.54) is 44.8 Å². The molecule has 236 valence electrons. The van der Waals surface area contributed by atoms with Gasteiger partial charge in [-0.2, -0.15) is 5.10 Å². The number of carbonyl (C=O) groups is 4. The maximum absolute atomic E-state index is 14.8. The molecule has 0 bridgehead atoms. The molecule has 2 fully saturated rings. The molecule has 1 saturated heterocycles. The number of rotatable bonds is 10. The minimum atomic E-state index is -2.88. The monoisotopic (exact) mass is 645 g/mol. The Morgan fingerprint density at radius 3 is 2.64 bits per heavy atom. The zero-order valence-corrected chi connectivity index (χ0v) is 24.4. The lowest BCUT2D eigenvalue weighted by molar-refractivity contribution is -0.137. The summed E-state index contributed by atoms with van der Waals surface area (Å²) in [5, 5.41) is 9.64. The molecule has 3 N–H and O–H groups in total. The molecule has 0 unspecified atom stereocenters. The maximum atomic E-state index is 14.8. The summed E-state index contributed by atoms with van der Waals surface area (Å²) in [6.45, 7) is -1.20. The number of benzene rings is 2. The average Bonchev–Trinajstić information content (AvgIpc) is 3.77. The number of fused-ring (bicyclic) bond motifs is 1. The molecule has 2 heterocycles. The molecule has 1 aliphatic heterocycles. The molecule has 0 radical (unpaired) electrons. The lowest BCUT2D eigenvalue weighted by Crippen LogP contribution is -2.43. The Balaban J connectivity index is 1.28. The average molecular weight is 646 g/mol. The summed E-state index contributed by atoms with van der Waals surface area (Å²) in [6, 6.07) is 6.48. The van der Waals surface area contributed by atoms with Crippen molar-refractivity contribution in [3.63, 3.8) is 0 Å². The third-order valence-electron chi connectivity index (χ3n) is 7.60. The second kappa shape index (κ2) is 12.7. The number of carbonyl (C=O) groups excluding carboxylic acids is 4. The van der Waals surface area contributed by atoms with Gasteiger partial charge in [0.05, 0.1) is 23.6 Å². The number of hydrogen-bond donors (Lipinski definition) is 2. The number of amides is 4. The van der Waals surface area contributed by atoms with Crippen molar-refractivity contribution in [2.45, 2.75) is 50.7 Å². The zero-order valence-electron chi connectivity index (χ0n) is 23.7. The molecular weight excluding hydrogens is 619 g/mol. The van der Waals surface area contributed by atoms with Crippen LogP contribution in [0.4, 0.5) is 18.9 Å². The number of primary amides is 1. The van der Waals surface area contributed by atoms with Crippen molar-refractivity contribution in [1.29, 1.82) is 0 Å². The van der Waals surface area contributed by atoms with E-state index in [9.17, 15) is 32.3 Å². The fourth-order valence-corrected chi connectivity index (χ4v) is 5.50. The van der Waals surface area contributed by atoms with E-state index in [2.05, 4.69) is 20.4 Å². The molecule has 1 aliphatic carbocycles. The van der Waals surface area contributed by atoms with Crippen LogP contribution in [0.15, 0.2) is 35.4 Å². The van der Waals surface area contributed by atoms with Gasteiger partial charge < -0.3 is 20.9 Å². The van der Waals surface area contributed by atoms with Gasteiger partial charge in [0.25, 0.3) is 11.8 Å². The second-order valence-corrected chi connectivity index (χ2v) is 11.3. The molecule has 13 nitrogen and oxygen atoms in total. The molecule has 3 aromatic rings. The second-order valence-electron chi connectivity index (χ2n) is 10.9. The summed E-state index contributed by atoms with van der Waals surface area (Å²) in [6.07, 6.45) is 1.34. The number of anilines is 1. The van der Waals surface area contributed by atoms with E-state index in [4.69, 9.17) is 22.9 Å². The number of azide groups is 1. The van der Waals surface area contributed by atoms with Crippen LogP contribution in [-0.4, -0.2) is 69.9 Å². The summed E-state index contributed by atoms with van der Waals surface area (Å²) >= 11 is 6.05. The molecule has 2 aromatic carbocycles. The van der Waals surface area contributed by atoms with Gasteiger partial charge in [-0.05, 0) is 60.2 Å². The quantitative estimate of drug-likeness (QED) is 0.192. The van der Waals surface area contributed by atoms with Crippen molar-refractivity contribution in [3.05, 3.63) is 68.4 Å². The van der Waals surface area contributed by atoms with E-state index in [-0.39, 0.29) is 65.7 Å². The third kappa shape index (κ3) is 7.13. The SMILES string of the molecule is [N-]=[N+]=NC(=O)c1ccc2c(c1)c(C(N)=O)nn2CC(=O)N(CC(=O)NCc1cc(N2CCCC(F)(F)C2)cc(Cl)c1F)C1CC1. The normalized spacial score (nSPS) is 15.8. The highest BCUT2D eigenvalue weighted by Crippen LogP contribution is 2.33. The summed E-state index contributed by atoms with van der Waals surface area (Å²) in [5.74, 6) is -6.56. The number of nitrogens with one attached hydrogen (secondary N) is 1. The van der Waals surface area contributed by atoms with E-state index >= 15 is 0 Å². The molecule has 5 rings (SSSR count). The fraction of sp³-hybridized carbons (Fsp3) is 0.393. The van der Waals surface area contributed by atoms with Crippen LogP contribution in [-0.2, 0) is 22.7 Å². The van der Waals surface area contributed by atoms with Gasteiger partial charge >= 0.3 is 0 Å². The molecule has 0 atom stereocenters. The highest BCUT2D eigenvalue weighted by molar-refractivity contribution is 6.31. The van der Waals surface area contributed by atoms with E-state index in [1.807, 2.05) is 0 Å². The molecule has 17 heteroatoms. The summed E-state index contributed by atoms with van der Waals surface area (Å²) in [4.78, 5) is 55.6. The van der Waals surface area contributed by atoms with Gasteiger partial charge in [0, 0.05) is 52.7 Å². The van der Waals surface area contributed by atoms with Crippen LogP contribution in [0.3, 0.4) is 0 Å². The Hall–Kier alpha value is -4.82. The van der Waals surface area contributed by atoms with Crippen molar-refractivity contribution >= 4 is 51.8 Å². The first-order chi connectivity index (χ1) is 21.4. The summed E-state index contributed by atoms with van der Waals surface area (Å²) in [7, 11) is 0. The largest absolute Gasteiger partial charge is 0.365 e. The van der Waals surface area contributed by atoms with Crippen LogP contribution < -0.4 is 16.0 Å². The Labute approximate surface area is 258 Å². The lowest BCUT2D eigenvalue weighted by Gasteiger charge is -2.34. The van der Waals surface area contributed by atoms with Crippen LogP contribution in [0.5, 0.6) is 0 Å². The number of nitrogens with zero attached hydrogens (tertiary/aromatic N) is 7. The highest BCUT2D eigenvalue weighted by Gasteiger charge is 2.36. The minimum Gasteiger partial charge on any atom is -0.365 e. The minimum absolute atomic E-state index is 0.00402. The van der Waals surface area contributed by atoms with Gasteiger partial charge in [-0.15, -0.1) is 0 Å². The molecule has 1 aromatic heterocycles. The van der Waals surface area contributed by atoms with Crippen LogP contribution in [0.25, 0.3) is 21.3 Å². The van der Waals surface area contributed by atoms with Crippen molar-refractivity contribution < 1.29 is 32.3 Å². The Morgan fingerprint density at radius 2 is 1.98 bits per heavy atom. The van der Waals surface area contributed by atoms with Gasteiger partial charge in [0.2, 0.25) is 17.7 Å². The molecule has 2 aliphatic rings. The molecule has 45 heavy (non-hydrogen) atoms. The van der Waals surface area contributed by atoms with Crippen molar-refractivity contribution in [1.82, 2.24) is 20.0 Å². The standard InChI is InChI=1S/C28H27ClF3N9O4/c29-20-10-18(39-7-1-6-28(31,32)14-39)8-16(24(20)30)11-35-22(42)12-40(17-3-4-17)23(43)13-41-21-5-2-15(27(45)36-38-34)9-19(21)25(37-41)26(33)44/h2,5,8-10,17H,1,3-4,6-7,11-14H2,(H2,33,44)(H,35,42). The number of halogens is 4. The van der Waals surface area contributed by atoms with Crippen LogP contribution >= 0.6 is 11.6 Å². The van der Waals surface area contributed by atoms with Crippen molar-refractivity contribution in [2.75, 3.05) is 24.5 Å². The van der Waals surface area contributed by atoms with Crippen molar-refractivity contribution in [2.24, 2.45) is 10.8 Å². The number of hydrogen-bond acceptors (Lipinski definition) is 6. The van der Waals surface area contributed by atoms with Gasteiger partial charge in [0.15, 0.2) is 5.69 Å². The van der Waals surface area contributed by atoms with Gasteiger partial charge in [-0.25, -0.2) is 13.2 Å². The van der Waals surface area contributed by atoms with Crippen LogP contribution in [0, 0.1) is 5.82 Å². The van der Waals surface area contributed by atoms with Gasteiger partial charge in [-0.1, -0.05) is 11.6 Å². The van der Waals surface area contributed by atoms with Crippen molar-refractivity contribution in [3.8, 4) is 0 Å². The first-order valence-electron chi connectivity index (χ1n) is 13.9. The lowest BCUT2D eigenvalue weighted by atomic mass is 10.1. The summed E-state index contributed by atoms with van der Waals surface area (Å²) < 4.78 is 44.0. The smallest absolute Gasteiger partial charge is 0.269 e. The van der Waals surface area contributed by atoms with E-state index in [0.717, 1.165) is 0 Å². The highest BCUT2D eigenvalue weighted by atomic mass is 35.5.